The first-order valence-corrected chi connectivity index (χ1v) is 12.6. The normalized spacial score (nSPS) is 17.6. The van der Waals surface area contributed by atoms with E-state index >= 15 is 0 Å². The van der Waals surface area contributed by atoms with Crippen LogP contribution < -0.4 is 4.74 Å². The standard InChI is InChI=1S/C24H29FN2O4S/c1-31-23-12-11-21(32(29,30)26-13-4-2-3-5-14-26)16-22(23)24(28)27(20-9-10-20)17-18-7-6-8-19(25)15-18/h6-8,11-12,15-16,20H,2-5,9-10,13-14,17H2,1H3. The lowest BCUT2D eigenvalue weighted by atomic mass is 10.1. The number of amides is 1. The van der Waals surface area contributed by atoms with Crippen LogP contribution in [0.15, 0.2) is 47.4 Å². The molecule has 8 heteroatoms. The fourth-order valence-corrected chi connectivity index (χ4v) is 5.73. The molecule has 2 fully saturated rings. The molecule has 0 atom stereocenters. The number of carbonyl (C=O) groups excluding carboxylic acids is 1. The Morgan fingerprint density at radius 1 is 1.09 bits per heavy atom. The molecule has 4 rings (SSSR count). The van der Waals surface area contributed by atoms with Gasteiger partial charge >= 0.3 is 0 Å². The Morgan fingerprint density at radius 3 is 2.44 bits per heavy atom. The summed E-state index contributed by atoms with van der Waals surface area (Å²) in [6, 6.07) is 10.7. The van der Waals surface area contributed by atoms with E-state index in [1.165, 1.54) is 35.7 Å². The highest BCUT2D eigenvalue weighted by Crippen LogP contribution is 2.33. The summed E-state index contributed by atoms with van der Waals surface area (Å²) in [7, 11) is -2.24. The van der Waals surface area contributed by atoms with Crippen LogP contribution in [0.4, 0.5) is 4.39 Å². The number of benzene rings is 2. The fraction of sp³-hybridized carbons (Fsp3) is 0.458. The molecular weight excluding hydrogens is 431 g/mol. The van der Waals surface area contributed by atoms with Crippen LogP contribution in [0.3, 0.4) is 0 Å². The lowest BCUT2D eigenvalue weighted by Crippen LogP contribution is -2.34. The fourth-order valence-electron chi connectivity index (χ4n) is 4.19. The summed E-state index contributed by atoms with van der Waals surface area (Å²) in [5, 5.41) is 0. The van der Waals surface area contributed by atoms with Gasteiger partial charge in [0.25, 0.3) is 5.91 Å². The van der Waals surface area contributed by atoms with Gasteiger partial charge in [0.05, 0.1) is 17.6 Å². The first-order chi connectivity index (χ1) is 15.4. The summed E-state index contributed by atoms with van der Waals surface area (Å²) in [6.45, 7) is 1.24. The first-order valence-electron chi connectivity index (χ1n) is 11.1. The van der Waals surface area contributed by atoms with Crippen molar-refractivity contribution >= 4 is 15.9 Å². The molecule has 1 amide bonds. The summed E-state index contributed by atoms with van der Waals surface area (Å²) in [6.07, 6.45) is 5.46. The molecule has 0 spiro atoms. The summed E-state index contributed by atoms with van der Waals surface area (Å²) in [5.41, 5.74) is 0.907. The molecular formula is C24H29FN2O4S. The molecule has 0 unspecified atom stereocenters. The van der Waals surface area contributed by atoms with E-state index in [1.54, 1.807) is 23.1 Å². The van der Waals surface area contributed by atoms with Crippen molar-refractivity contribution in [2.24, 2.45) is 0 Å². The van der Waals surface area contributed by atoms with Crippen LogP contribution >= 0.6 is 0 Å². The maximum Gasteiger partial charge on any atom is 0.258 e. The van der Waals surface area contributed by atoms with Gasteiger partial charge in [0.2, 0.25) is 10.0 Å². The number of sulfonamides is 1. The molecule has 2 aromatic carbocycles. The minimum Gasteiger partial charge on any atom is -0.496 e. The van der Waals surface area contributed by atoms with Crippen molar-refractivity contribution in [3.63, 3.8) is 0 Å². The van der Waals surface area contributed by atoms with E-state index in [0.717, 1.165) is 38.5 Å². The van der Waals surface area contributed by atoms with Gasteiger partial charge in [-0.05, 0) is 61.6 Å². The quantitative estimate of drug-likeness (QED) is 0.621. The van der Waals surface area contributed by atoms with E-state index in [1.807, 2.05) is 0 Å². The topological polar surface area (TPSA) is 66.9 Å². The zero-order valence-electron chi connectivity index (χ0n) is 18.3. The third kappa shape index (κ3) is 4.96. The second kappa shape index (κ2) is 9.58. The smallest absolute Gasteiger partial charge is 0.258 e. The average molecular weight is 461 g/mol. The van der Waals surface area contributed by atoms with E-state index in [0.29, 0.717) is 24.4 Å². The van der Waals surface area contributed by atoms with Crippen molar-refractivity contribution in [3.05, 3.63) is 59.4 Å². The third-order valence-corrected chi connectivity index (χ3v) is 7.99. The lowest BCUT2D eigenvalue weighted by Gasteiger charge is -2.25. The molecule has 0 N–H and O–H groups in total. The average Bonchev–Trinajstić information content (AvgIpc) is 3.64. The highest BCUT2D eigenvalue weighted by Gasteiger charge is 2.35. The summed E-state index contributed by atoms with van der Waals surface area (Å²) >= 11 is 0. The van der Waals surface area contributed by atoms with Gasteiger partial charge in [-0.25, -0.2) is 12.8 Å². The largest absolute Gasteiger partial charge is 0.496 e. The van der Waals surface area contributed by atoms with Gasteiger partial charge in [0.1, 0.15) is 11.6 Å². The predicted octanol–water partition coefficient (Wildman–Crippen LogP) is 4.20. The summed E-state index contributed by atoms with van der Waals surface area (Å²) in [4.78, 5) is 15.3. The maximum absolute atomic E-state index is 13.7. The molecule has 1 saturated carbocycles. The Labute approximate surface area is 189 Å². The van der Waals surface area contributed by atoms with Crippen LogP contribution in [-0.2, 0) is 16.6 Å². The molecule has 1 heterocycles. The van der Waals surface area contributed by atoms with E-state index in [2.05, 4.69) is 0 Å². The number of hydrogen-bond acceptors (Lipinski definition) is 4. The van der Waals surface area contributed by atoms with Gasteiger partial charge < -0.3 is 9.64 Å². The van der Waals surface area contributed by atoms with Crippen molar-refractivity contribution in [2.75, 3.05) is 20.2 Å². The molecule has 32 heavy (non-hydrogen) atoms. The molecule has 1 saturated heterocycles. The van der Waals surface area contributed by atoms with Crippen LogP contribution in [0.25, 0.3) is 0 Å². The van der Waals surface area contributed by atoms with Gasteiger partial charge in [-0.3, -0.25) is 4.79 Å². The van der Waals surface area contributed by atoms with Gasteiger partial charge in [-0.15, -0.1) is 0 Å². The van der Waals surface area contributed by atoms with Crippen molar-refractivity contribution in [1.82, 2.24) is 9.21 Å². The number of methoxy groups -OCH3 is 1. The first kappa shape index (κ1) is 22.7. The zero-order chi connectivity index (χ0) is 22.7. The lowest BCUT2D eigenvalue weighted by molar-refractivity contribution is 0.0726. The number of ether oxygens (including phenoxy) is 1. The third-order valence-electron chi connectivity index (χ3n) is 6.09. The minimum absolute atomic E-state index is 0.0568. The molecule has 172 valence electrons. The van der Waals surface area contributed by atoms with E-state index in [9.17, 15) is 17.6 Å². The van der Waals surface area contributed by atoms with Crippen LogP contribution in [0.5, 0.6) is 5.75 Å². The maximum atomic E-state index is 13.7. The van der Waals surface area contributed by atoms with Crippen LogP contribution in [0, 0.1) is 5.82 Å². The number of rotatable bonds is 7. The molecule has 2 aliphatic rings. The van der Waals surface area contributed by atoms with Crippen molar-refractivity contribution < 1.29 is 22.3 Å². The second-order valence-electron chi connectivity index (χ2n) is 8.47. The van der Waals surface area contributed by atoms with Crippen LogP contribution in [-0.4, -0.2) is 49.8 Å². The van der Waals surface area contributed by atoms with Crippen molar-refractivity contribution in [3.8, 4) is 5.75 Å². The molecule has 6 nitrogen and oxygen atoms in total. The molecule has 1 aliphatic carbocycles. The molecule has 1 aliphatic heterocycles. The van der Waals surface area contributed by atoms with Gasteiger partial charge in [-0.2, -0.15) is 4.31 Å². The van der Waals surface area contributed by atoms with E-state index in [-0.39, 0.29) is 34.8 Å². The number of hydrogen-bond donors (Lipinski definition) is 0. The number of nitrogens with zero attached hydrogens (tertiary/aromatic N) is 2. The highest BCUT2D eigenvalue weighted by atomic mass is 32.2. The molecule has 0 radical (unpaired) electrons. The monoisotopic (exact) mass is 460 g/mol. The minimum atomic E-state index is -3.70. The van der Waals surface area contributed by atoms with Crippen LogP contribution in [0.2, 0.25) is 0 Å². The Bertz CT molecular complexity index is 1080. The Balaban J connectivity index is 1.66. The number of halogens is 1. The molecule has 0 bridgehead atoms. The second-order valence-corrected chi connectivity index (χ2v) is 10.4. The Kier molecular flexibility index (Phi) is 6.81. The Morgan fingerprint density at radius 2 is 1.81 bits per heavy atom. The van der Waals surface area contributed by atoms with Gasteiger partial charge in [-0.1, -0.05) is 25.0 Å². The zero-order valence-corrected chi connectivity index (χ0v) is 19.1. The molecule has 2 aromatic rings. The highest BCUT2D eigenvalue weighted by molar-refractivity contribution is 7.89. The summed E-state index contributed by atoms with van der Waals surface area (Å²) in [5.74, 6) is -0.329. The molecule has 0 aromatic heterocycles. The number of carbonyl (C=O) groups is 1. The van der Waals surface area contributed by atoms with Gasteiger partial charge in [0.15, 0.2) is 0 Å². The van der Waals surface area contributed by atoms with Crippen molar-refractivity contribution in [2.45, 2.75) is 56.0 Å². The SMILES string of the molecule is COc1ccc(S(=O)(=O)N2CCCCCC2)cc1C(=O)N(Cc1cccc(F)c1)C1CC1. The van der Waals surface area contributed by atoms with E-state index < -0.39 is 10.0 Å². The van der Waals surface area contributed by atoms with E-state index in [4.69, 9.17) is 4.74 Å². The van der Waals surface area contributed by atoms with Crippen molar-refractivity contribution in [1.29, 1.82) is 0 Å². The van der Waals surface area contributed by atoms with Crippen LogP contribution in [0.1, 0.15) is 54.4 Å². The Hall–Kier alpha value is -2.45. The summed E-state index contributed by atoms with van der Waals surface area (Å²) < 4.78 is 47.1. The predicted molar refractivity (Wildman–Crippen MR) is 120 cm³/mol. The van der Waals surface area contributed by atoms with Gasteiger partial charge in [0, 0.05) is 25.7 Å².